The van der Waals surface area contributed by atoms with Crippen molar-refractivity contribution in [3.63, 3.8) is 0 Å². The molecule has 326 valence electrons. The van der Waals surface area contributed by atoms with Gasteiger partial charge in [-0.05, 0) is 68.5 Å². The van der Waals surface area contributed by atoms with Gasteiger partial charge in [0.25, 0.3) is 0 Å². The fraction of sp³-hybridized carbons (Fsp3) is 0.535. The fourth-order valence-corrected chi connectivity index (χ4v) is 8.40. The maximum absolute atomic E-state index is 13.0. The number of nitrogens with zero attached hydrogens (tertiary/aromatic N) is 2. The number of hydrogen-bond donors (Lipinski definition) is 1. The van der Waals surface area contributed by atoms with Crippen molar-refractivity contribution in [2.75, 3.05) is 45.7 Å². The minimum absolute atomic E-state index is 0.0284. The van der Waals surface area contributed by atoms with Crippen LogP contribution in [0.3, 0.4) is 0 Å². The van der Waals surface area contributed by atoms with Crippen LogP contribution in [-0.4, -0.2) is 119 Å². The van der Waals surface area contributed by atoms with Crippen molar-refractivity contribution >= 4 is 42.7 Å². The Morgan fingerprint density at radius 1 is 0.767 bits per heavy atom. The SMILES string of the molecule is C[C@@](C[C@H]1CC(c2ccc(C#CCCF)cc2)=NO1)(C(=O)CO)S(C)(=O)=O.C[C@@](C[C@H]1CC(c2ccc(C#CCCF)cc2)=NO1)(C(=O)COC1CCCCO1)S(C)(=O)=O. The minimum Gasteiger partial charge on any atom is -0.392 e. The lowest BCUT2D eigenvalue weighted by Crippen LogP contribution is -2.48. The first-order valence-corrected chi connectivity index (χ1v) is 23.3. The van der Waals surface area contributed by atoms with E-state index in [2.05, 4.69) is 34.0 Å². The number of halogens is 2. The number of aliphatic hydroxyl groups is 1. The summed E-state index contributed by atoms with van der Waals surface area (Å²) in [5.41, 5.74) is 4.43. The number of sulfone groups is 2. The third-order valence-corrected chi connectivity index (χ3v) is 14.6. The molecule has 0 radical (unpaired) electrons. The number of benzene rings is 2. The summed E-state index contributed by atoms with van der Waals surface area (Å²) < 4.78 is 81.2. The van der Waals surface area contributed by atoms with E-state index in [1.165, 1.54) is 13.8 Å². The lowest BCUT2D eigenvalue weighted by Gasteiger charge is -2.29. The third-order valence-electron chi connectivity index (χ3n) is 10.5. The molecule has 13 nitrogen and oxygen atoms in total. The van der Waals surface area contributed by atoms with Crippen molar-refractivity contribution < 1.29 is 59.5 Å². The molecule has 1 N–H and O–H groups in total. The van der Waals surface area contributed by atoms with E-state index in [1.807, 2.05) is 24.3 Å². The second-order valence-electron chi connectivity index (χ2n) is 15.1. The quantitative estimate of drug-likeness (QED) is 0.228. The zero-order chi connectivity index (χ0) is 44.0. The molecule has 0 aliphatic carbocycles. The molecule has 1 saturated heterocycles. The molecule has 17 heteroatoms. The number of carbonyl (C=O) groups excluding carboxylic acids is 2. The van der Waals surface area contributed by atoms with Crippen LogP contribution in [0.2, 0.25) is 0 Å². The Morgan fingerprint density at radius 2 is 1.22 bits per heavy atom. The zero-order valence-corrected chi connectivity index (χ0v) is 35.9. The highest BCUT2D eigenvalue weighted by Crippen LogP contribution is 2.32. The Balaban J connectivity index is 0.000000270. The molecule has 0 saturated carbocycles. The van der Waals surface area contributed by atoms with Crippen LogP contribution < -0.4 is 0 Å². The Kier molecular flexibility index (Phi) is 17.5. The van der Waals surface area contributed by atoms with Gasteiger partial charge < -0.3 is 24.3 Å². The zero-order valence-electron chi connectivity index (χ0n) is 34.2. The van der Waals surface area contributed by atoms with Crippen LogP contribution in [0.25, 0.3) is 0 Å². The lowest BCUT2D eigenvalue weighted by atomic mass is 9.94. The van der Waals surface area contributed by atoms with E-state index in [1.54, 1.807) is 24.3 Å². The maximum Gasteiger partial charge on any atom is 0.179 e. The van der Waals surface area contributed by atoms with Gasteiger partial charge in [-0.2, -0.15) is 0 Å². The van der Waals surface area contributed by atoms with Crippen molar-refractivity contribution in [1.82, 2.24) is 0 Å². The molecule has 60 heavy (non-hydrogen) atoms. The average molecular weight is 875 g/mol. The molecule has 0 amide bonds. The van der Waals surface area contributed by atoms with Gasteiger partial charge in [-0.25, -0.2) is 16.8 Å². The number of Topliss-reactive ketones (excluding diaryl/α,β-unsaturated/α-hetero) is 2. The van der Waals surface area contributed by atoms with Crippen LogP contribution in [0.4, 0.5) is 8.78 Å². The highest BCUT2D eigenvalue weighted by molar-refractivity contribution is 7.93. The van der Waals surface area contributed by atoms with Gasteiger partial charge in [-0.3, -0.25) is 18.4 Å². The van der Waals surface area contributed by atoms with Gasteiger partial charge >= 0.3 is 0 Å². The molecule has 1 unspecified atom stereocenters. The van der Waals surface area contributed by atoms with Gasteiger partial charge in [0.15, 0.2) is 37.5 Å². The van der Waals surface area contributed by atoms with Crippen molar-refractivity contribution in [1.29, 1.82) is 0 Å². The summed E-state index contributed by atoms with van der Waals surface area (Å²) in [6.07, 6.45) is 3.98. The van der Waals surface area contributed by atoms with Gasteiger partial charge in [-0.15, -0.1) is 0 Å². The molecular formula is C43H52F2N2O11S2. The Bertz CT molecular complexity index is 2220. The fourth-order valence-electron chi connectivity index (χ4n) is 6.48. The van der Waals surface area contributed by atoms with Crippen molar-refractivity contribution in [2.24, 2.45) is 10.3 Å². The molecule has 3 aliphatic heterocycles. The van der Waals surface area contributed by atoms with Crippen LogP contribution in [0.15, 0.2) is 58.8 Å². The van der Waals surface area contributed by atoms with Crippen LogP contribution in [0, 0.1) is 23.7 Å². The summed E-state index contributed by atoms with van der Waals surface area (Å²) in [6.45, 7) is 1.15. The van der Waals surface area contributed by atoms with E-state index in [-0.39, 0.29) is 32.3 Å². The predicted molar refractivity (Wildman–Crippen MR) is 222 cm³/mol. The van der Waals surface area contributed by atoms with Crippen molar-refractivity contribution in [3.8, 4) is 23.7 Å². The smallest absolute Gasteiger partial charge is 0.179 e. The number of ether oxygens (including phenoxy) is 2. The number of ketones is 2. The van der Waals surface area contributed by atoms with Gasteiger partial charge in [-0.1, -0.05) is 58.3 Å². The monoisotopic (exact) mass is 874 g/mol. The molecule has 0 spiro atoms. The summed E-state index contributed by atoms with van der Waals surface area (Å²) in [4.78, 5) is 35.8. The standard InChI is InChI=1S/C24H30FNO6S.C19H22FNO5S/c1-24(33(2,28)29,22(27)17-31-23-8-4-6-14-30-23)16-20-15-21(26-32-20)19-11-9-18(10-12-19)7-3-5-13-25;1-19(18(23)13-22,27(2,24)25)12-16-11-17(21-26-16)15-8-6-14(7-9-15)5-3-4-10-20/h9-12,20,23H,4-6,8,13-17H2,1-2H3;6-9,16,22H,4,10-13H2,1-2H3/t20-,23?,24-;16-,19-/m11/s1. The second kappa shape index (κ2) is 21.8. The molecule has 3 heterocycles. The average Bonchev–Trinajstić information content (AvgIpc) is 3.90. The summed E-state index contributed by atoms with van der Waals surface area (Å²) in [5.74, 6) is 9.90. The Morgan fingerprint density at radius 3 is 1.60 bits per heavy atom. The van der Waals surface area contributed by atoms with Gasteiger partial charge in [0.05, 0.1) is 11.4 Å². The molecule has 1 fully saturated rings. The number of hydrogen-bond acceptors (Lipinski definition) is 13. The van der Waals surface area contributed by atoms with Crippen molar-refractivity contribution in [3.05, 3.63) is 70.8 Å². The summed E-state index contributed by atoms with van der Waals surface area (Å²) >= 11 is 0. The second-order valence-corrected chi connectivity index (χ2v) is 20.0. The topological polar surface area (TPSA) is 184 Å². The summed E-state index contributed by atoms with van der Waals surface area (Å²) in [6, 6.07) is 14.5. The van der Waals surface area contributed by atoms with E-state index >= 15 is 0 Å². The normalized spacial score (nSPS) is 20.8. The highest BCUT2D eigenvalue weighted by atomic mass is 32.2. The Labute approximate surface area is 351 Å². The van der Waals surface area contributed by atoms with Gasteiger partial charge in [0.2, 0.25) is 0 Å². The molecule has 5 atom stereocenters. The van der Waals surface area contributed by atoms with E-state index in [9.17, 15) is 35.2 Å². The summed E-state index contributed by atoms with van der Waals surface area (Å²) in [5, 5.41) is 17.2. The third kappa shape index (κ3) is 13.0. The van der Waals surface area contributed by atoms with E-state index in [0.29, 0.717) is 37.3 Å². The lowest BCUT2D eigenvalue weighted by molar-refractivity contribution is -0.170. The number of aliphatic hydroxyl groups excluding tert-OH is 1. The molecule has 5 rings (SSSR count). The predicted octanol–water partition coefficient (Wildman–Crippen LogP) is 4.84. The molecular weight excluding hydrogens is 823 g/mol. The summed E-state index contributed by atoms with van der Waals surface area (Å²) in [7, 11) is -7.49. The number of oxime groups is 2. The number of rotatable bonds is 16. The molecule has 2 aromatic carbocycles. The van der Waals surface area contributed by atoms with Crippen LogP contribution >= 0.6 is 0 Å². The largest absolute Gasteiger partial charge is 0.392 e. The van der Waals surface area contributed by atoms with Crippen LogP contribution in [-0.2, 0) is 48.4 Å². The van der Waals surface area contributed by atoms with Gasteiger partial charge in [0.1, 0.15) is 48.3 Å². The first kappa shape index (κ1) is 48.1. The van der Waals surface area contributed by atoms with Gasteiger partial charge in [0, 0.05) is 68.8 Å². The molecule has 3 aliphatic rings. The van der Waals surface area contributed by atoms with E-state index in [0.717, 1.165) is 47.6 Å². The number of carbonyl (C=O) groups is 2. The minimum atomic E-state index is -3.75. The number of alkyl halides is 2. The Hall–Kier alpha value is -4.52. The maximum atomic E-state index is 13.0. The van der Waals surface area contributed by atoms with E-state index < -0.39 is 79.2 Å². The molecule has 2 aromatic rings. The van der Waals surface area contributed by atoms with E-state index in [4.69, 9.17) is 24.3 Å². The highest BCUT2D eigenvalue weighted by Gasteiger charge is 2.47. The first-order valence-electron chi connectivity index (χ1n) is 19.5. The van der Waals surface area contributed by atoms with Crippen LogP contribution in [0.5, 0.6) is 0 Å². The molecule has 0 aromatic heterocycles. The first-order chi connectivity index (χ1) is 28.4. The molecule has 0 bridgehead atoms. The van der Waals surface area contributed by atoms with Crippen molar-refractivity contribution in [2.45, 2.75) is 99.6 Å². The van der Waals surface area contributed by atoms with Crippen LogP contribution in [0.1, 0.15) is 93.9 Å².